The molecule has 0 radical (unpaired) electrons. The van der Waals surface area contributed by atoms with E-state index >= 15 is 0 Å². The van der Waals surface area contributed by atoms with E-state index in [1.807, 2.05) is 6.07 Å². The van der Waals surface area contributed by atoms with Crippen molar-refractivity contribution < 1.29 is 43.3 Å². The zero-order valence-corrected chi connectivity index (χ0v) is 12.6. The Balaban J connectivity index is 0.00000180. The van der Waals surface area contributed by atoms with Gasteiger partial charge in [0.1, 0.15) is 0 Å². The van der Waals surface area contributed by atoms with Gasteiger partial charge in [-0.1, -0.05) is 12.1 Å². The third-order valence-corrected chi connectivity index (χ3v) is 2.23. The van der Waals surface area contributed by atoms with Crippen LogP contribution in [0.5, 0.6) is 0 Å². The maximum Gasteiger partial charge on any atom is 2.00 e. The first kappa shape index (κ1) is 19.5. The molecule has 0 unspecified atom stereocenters. The van der Waals surface area contributed by atoms with Crippen LogP contribution < -0.4 is 17.0 Å². The van der Waals surface area contributed by atoms with Gasteiger partial charge >= 0.3 is 35.4 Å². The molecule has 0 aliphatic rings. The topological polar surface area (TPSA) is 12.9 Å². The van der Waals surface area contributed by atoms with E-state index in [0.29, 0.717) is 6.07 Å². The molecule has 0 atom stereocenters. The summed E-state index contributed by atoms with van der Waals surface area (Å²) in [7, 11) is 0. The molecule has 0 N–H and O–H groups in total. The molecule has 2 rings (SSSR count). The van der Waals surface area contributed by atoms with Crippen LogP contribution in [-0.4, -0.2) is 28.0 Å². The first-order valence-electron chi connectivity index (χ1n) is 4.65. The minimum atomic E-state index is -4.83. The van der Waals surface area contributed by atoms with Crippen molar-refractivity contribution in [3.63, 3.8) is 0 Å². The fourth-order valence-electron chi connectivity index (χ4n) is 1.47. The van der Waals surface area contributed by atoms with Crippen LogP contribution in [-0.2, 0) is 12.4 Å². The summed E-state index contributed by atoms with van der Waals surface area (Å²) in [5.74, 6) is 0. The summed E-state index contributed by atoms with van der Waals surface area (Å²) >= 11 is 0. The van der Waals surface area contributed by atoms with Crippen LogP contribution in [0.2, 0.25) is 0 Å². The summed E-state index contributed by atoms with van der Waals surface area (Å²) in [6.45, 7) is 0. The average molecular weight is 368 g/mol. The van der Waals surface area contributed by atoms with Gasteiger partial charge in [-0.3, -0.25) is 4.98 Å². The molecular formula is C11H4BrF6MgN. The number of halogens is 7. The molecule has 20 heavy (non-hydrogen) atoms. The molecule has 0 saturated carbocycles. The third-order valence-electron chi connectivity index (χ3n) is 2.23. The first-order valence-corrected chi connectivity index (χ1v) is 4.65. The second kappa shape index (κ2) is 6.48. The zero-order valence-electron chi connectivity index (χ0n) is 9.61. The van der Waals surface area contributed by atoms with E-state index < -0.39 is 29.1 Å². The smallest absolute Gasteiger partial charge is 1.00 e. The van der Waals surface area contributed by atoms with Gasteiger partial charge in [0.2, 0.25) is 0 Å². The molecule has 2 aromatic rings. The third kappa shape index (κ3) is 3.98. The fraction of sp³-hybridized carbons (Fsp3) is 0.182. The molecule has 1 aromatic heterocycles. The molecule has 0 aliphatic heterocycles. The zero-order chi connectivity index (χ0) is 13.6. The first-order chi connectivity index (χ1) is 8.19. The van der Waals surface area contributed by atoms with Gasteiger partial charge < -0.3 is 17.0 Å². The Kier molecular flexibility index (Phi) is 6.31. The van der Waals surface area contributed by atoms with Crippen molar-refractivity contribution in [1.82, 2.24) is 4.98 Å². The summed E-state index contributed by atoms with van der Waals surface area (Å²) in [5, 5.41) is -0.0437. The molecule has 0 fully saturated rings. The predicted octanol–water partition coefficient (Wildman–Crippen LogP) is 0.696. The molecular weight excluding hydrogens is 364 g/mol. The second-order valence-electron chi connectivity index (χ2n) is 3.49. The molecule has 0 amide bonds. The molecule has 0 saturated heterocycles. The summed E-state index contributed by atoms with van der Waals surface area (Å²) < 4.78 is 75.0. The quantitative estimate of drug-likeness (QED) is 0.379. The van der Waals surface area contributed by atoms with Crippen LogP contribution in [0.1, 0.15) is 11.3 Å². The van der Waals surface area contributed by atoms with Crippen LogP contribution in [0.4, 0.5) is 26.3 Å². The van der Waals surface area contributed by atoms with E-state index in [1.165, 1.54) is 6.07 Å². The Morgan fingerprint density at radius 1 is 0.950 bits per heavy atom. The summed E-state index contributed by atoms with van der Waals surface area (Å²) in [5.41, 5.74) is -3.39. The molecule has 9 heteroatoms. The number of alkyl halides is 6. The Hall–Kier alpha value is -0.544. The Morgan fingerprint density at radius 3 is 2.05 bits per heavy atom. The number of fused-ring (bicyclic) bond motifs is 1. The van der Waals surface area contributed by atoms with Gasteiger partial charge in [0, 0.05) is 5.52 Å². The predicted molar refractivity (Wildman–Crippen MR) is 56.3 cm³/mol. The average Bonchev–Trinajstić information content (AvgIpc) is 2.25. The minimum Gasteiger partial charge on any atom is -1.00 e. The standard InChI is InChI=1S/C11H4F6N.BrH.Mg/c12-10(13,14)7-3-1-2-6-4-5-8(11(15,16)17)18-9(6)7;;/h1-4H;1H;/q-1;;+2/p-1. The van der Waals surface area contributed by atoms with Crippen LogP contribution in [0, 0.1) is 6.07 Å². The number of nitrogens with zero attached hydrogens (tertiary/aromatic N) is 1. The maximum absolute atomic E-state index is 12.6. The molecule has 1 aromatic carbocycles. The van der Waals surface area contributed by atoms with E-state index in [1.54, 1.807) is 0 Å². The van der Waals surface area contributed by atoms with Gasteiger partial charge in [0.15, 0.2) is 0 Å². The number of hydrogen-bond donors (Lipinski definition) is 0. The number of rotatable bonds is 0. The monoisotopic (exact) mass is 367 g/mol. The van der Waals surface area contributed by atoms with Gasteiger partial charge in [0.05, 0.1) is 11.3 Å². The van der Waals surface area contributed by atoms with E-state index in [9.17, 15) is 26.3 Å². The molecule has 0 aliphatic carbocycles. The summed E-state index contributed by atoms with van der Waals surface area (Å²) in [4.78, 5) is 3.01. The number of benzene rings is 1. The number of pyridine rings is 1. The molecule has 1 heterocycles. The van der Waals surface area contributed by atoms with Crippen molar-refractivity contribution in [3.05, 3.63) is 41.6 Å². The van der Waals surface area contributed by atoms with Crippen molar-refractivity contribution in [3.8, 4) is 0 Å². The van der Waals surface area contributed by atoms with E-state index in [4.69, 9.17) is 0 Å². The Bertz CT molecular complexity index is 595. The number of para-hydroxylation sites is 1. The Labute approximate surface area is 136 Å². The molecule has 0 bridgehead atoms. The second-order valence-corrected chi connectivity index (χ2v) is 3.49. The van der Waals surface area contributed by atoms with E-state index in [2.05, 4.69) is 4.98 Å². The van der Waals surface area contributed by atoms with Gasteiger partial charge in [-0.2, -0.15) is 26.3 Å². The van der Waals surface area contributed by atoms with E-state index in [0.717, 1.165) is 12.1 Å². The van der Waals surface area contributed by atoms with Crippen LogP contribution >= 0.6 is 0 Å². The van der Waals surface area contributed by atoms with Crippen LogP contribution in [0.15, 0.2) is 24.3 Å². The summed E-state index contributed by atoms with van der Waals surface area (Å²) in [6.07, 6.45) is -9.58. The number of aromatic nitrogens is 1. The van der Waals surface area contributed by atoms with Gasteiger partial charge in [-0.05, 0) is 0 Å². The fourth-order valence-corrected chi connectivity index (χ4v) is 1.47. The molecule has 1 nitrogen and oxygen atoms in total. The normalized spacial score (nSPS) is 11.7. The van der Waals surface area contributed by atoms with Crippen molar-refractivity contribution in [2.24, 2.45) is 0 Å². The van der Waals surface area contributed by atoms with Crippen LogP contribution in [0.25, 0.3) is 10.9 Å². The van der Waals surface area contributed by atoms with Crippen molar-refractivity contribution >= 4 is 34.0 Å². The van der Waals surface area contributed by atoms with E-state index in [-0.39, 0.29) is 45.4 Å². The molecule has 104 valence electrons. The largest absolute Gasteiger partial charge is 2.00 e. The Morgan fingerprint density at radius 2 is 1.55 bits per heavy atom. The maximum atomic E-state index is 12.6. The van der Waals surface area contributed by atoms with Gasteiger partial charge in [-0.15, -0.1) is 11.5 Å². The van der Waals surface area contributed by atoms with Crippen molar-refractivity contribution in [1.29, 1.82) is 0 Å². The minimum absolute atomic E-state index is 0. The summed E-state index contributed by atoms with van der Waals surface area (Å²) in [6, 6.07) is 5.71. The van der Waals surface area contributed by atoms with Crippen LogP contribution in [0.3, 0.4) is 0 Å². The van der Waals surface area contributed by atoms with Crippen molar-refractivity contribution in [2.45, 2.75) is 12.4 Å². The number of hydrogen-bond acceptors (Lipinski definition) is 1. The van der Waals surface area contributed by atoms with Crippen molar-refractivity contribution in [2.75, 3.05) is 0 Å². The van der Waals surface area contributed by atoms with Gasteiger partial charge in [-0.25, -0.2) is 12.1 Å². The van der Waals surface area contributed by atoms with Gasteiger partial charge in [0.25, 0.3) is 0 Å². The SMILES string of the molecule is FC(F)(F)c1[c-]cc2cccc(C(F)(F)F)c2n1.[Br-].[Mg+2]. The molecule has 0 spiro atoms.